The smallest absolute Gasteiger partial charge is 0.245 e. The van der Waals surface area contributed by atoms with E-state index in [1.807, 2.05) is 35.8 Å². The van der Waals surface area contributed by atoms with Crippen molar-refractivity contribution in [2.24, 2.45) is 5.92 Å². The van der Waals surface area contributed by atoms with E-state index in [2.05, 4.69) is 4.98 Å². The highest BCUT2D eigenvalue weighted by atomic mass is 16.3. The molecule has 1 atom stereocenters. The van der Waals surface area contributed by atoms with Crippen LogP contribution in [-0.4, -0.2) is 45.2 Å². The number of hydrogen-bond acceptors (Lipinski definition) is 3. The molecule has 1 amide bonds. The number of rotatable bonds is 3. The summed E-state index contributed by atoms with van der Waals surface area (Å²) in [5, 5.41) is 9.00. The van der Waals surface area contributed by atoms with Crippen molar-refractivity contribution in [2.45, 2.75) is 13.0 Å². The monoisotopic (exact) mass is 259 g/mol. The molecule has 3 rings (SSSR count). The summed E-state index contributed by atoms with van der Waals surface area (Å²) in [6, 6.07) is 7.54. The highest BCUT2D eigenvalue weighted by Gasteiger charge is 2.33. The molecule has 0 aliphatic carbocycles. The van der Waals surface area contributed by atoms with Gasteiger partial charge in [0.05, 0.1) is 17.4 Å². The van der Waals surface area contributed by atoms with Gasteiger partial charge >= 0.3 is 0 Å². The summed E-state index contributed by atoms with van der Waals surface area (Å²) in [5.41, 5.74) is 1.88. The van der Waals surface area contributed by atoms with Crippen molar-refractivity contribution < 1.29 is 9.90 Å². The van der Waals surface area contributed by atoms with E-state index in [0.29, 0.717) is 13.1 Å². The maximum Gasteiger partial charge on any atom is 0.245 e. The van der Waals surface area contributed by atoms with Gasteiger partial charge in [0.2, 0.25) is 5.91 Å². The fraction of sp³-hybridized carbons (Fsp3) is 0.429. The molecule has 100 valence electrons. The van der Waals surface area contributed by atoms with E-state index in [1.165, 1.54) is 0 Å². The summed E-state index contributed by atoms with van der Waals surface area (Å²) in [4.78, 5) is 18.4. The summed E-state index contributed by atoms with van der Waals surface area (Å²) >= 11 is 0. The number of carbonyl (C=O) groups is 1. The minimum absolute atomic E-state index is 0.0906. The fourth-order valence-corrected chi connectivity index (χ4v) is 2.54. The van der Waals surface area contributed by atoms with Crippen LogP contribution in [-0.2, 0) is 4.79 Å². The standard InChI is InChI=1S/C14H17N3O2/c1-10(14(19)16-6-11(7-16)8-18)17-9-15-12-4-2-3-5-13(12)17/h2-5,9-11,18H,6-8H2,1H3. The molecule has 2 aromatic rings. The number of carbonyl (C=O) groups excluding carboxylic acids is 1. The largest absolute Gasteiger partial charge is 0.396 e. The lowest BCUT2D eigenvalue weighted by atomic mass is 10.0. The Kier molecular flexibility index (Phi) is 2.98. The Labute approximate surface area is 111 Å². The first-order valence-corrected chi connectivity index (χ1v) is 6.52. The summed E-state index contributed by atoms with van der Waals surface area (Å²) in [6.45, 7) is 3.37. The minimum Gasteiger partial charge on any atom is -0.396 e. The number of aliphatic hydroxyl groups is 1. The zero-order valence-corrected chi connectivity index (χ0v) is 10.9. The lowest BCUT2D eigenvalue weighted by Gasteiger charge is -2.39. The summed E-state index contributed by atoms with van der Waals surface area (Å²) in [6.07, 6.45) is 1.72. The molecule has 0 radical (unpaired) electrons. The van der Waals surface area contributed by atoms with Crippen LogP contribution in [0.5, 0.6) is 0 Å². The average Bonchev–Trinajstić information content (AvgIpc) is 2.80. The van der Waals surface area contributed by atoms with Gasteiger partial charge in [0.1, 0.15) is 6.04 Å². The van der Waals surface area contributed by atoms with Gasteiger partial charge in [-0.1, -0.05) is 12.1 Å². The number of aromatic nitrogens is 2. The molecule has 1 aromatic carbocycles. The predicted octanol–water partition coefficient (Wildman–Crippen LogP) is 1.05. The normalized spacial score (nSPS) is 17.5. The van der Waals surface area contributed by atoms with Gasteiger partial charge in [-0.05, 0) is 19.1 Å². The molecule has 2 heterocycles. The molecule has 0 spiro atoms. The number of hydrogen-bond donors (Lipinski definition) is 1. The van der Waals surface area contributed by atoms with Crippen LogP contribution < -0.4 is 0 Å². The number of para-hydroxylation sites is 2. The molecule has 1 aliphatic heterocycles. The van der Waals surface area contributed by atoms with Crippen molar-refractivity contribution in [3.8, 4) is 0 Å². The molecule has 19 heavy (non-hydrogen) atoms. The molecule has 1 aliphatic rings. The topological polar surface area (TPSA) is 58.4 Å². The van der Waals surface area contributed by atoms with Crippen LogP contribution in [0.3, 0.4) is 0 Å². The number of nitrogens with zero attached hydrogens (tertiary/aromatic N) is 3. The molecular formula is C14H17N3O2. The average molecular weight is 259 g/mol. The van der Waals surface area contributed by atoms with Gasteiger partial charge in [0.15, 0.2) is 0 Å². The second-order valence-electron chi connectivity index (χ2n) is 5.11. The second-order valence-corrected chi connectivity index (χ2v) is 5.11. The minimum atomic E-state index is -0.257. The third-order valence-corrected chi connectivity index (χ3v) is 3.78. The van der Waals surface area contributed by atoms with Crippen LogP contribution in [0.15, 0.2) is 30.6 Å². The first-order valence-electron chi connectivity index (χ1n) is 6.52. The number of imidazole rings is 1. The molecule has 0 bridgehead atoms. The predicted molar refractivity (Wildman–Crippen MR) is 71.6 cm³/mol. The molecule has 5 nitrogen and oxygen atoms in total. The molecule has 1 saturated heterocycles. The number of aliphatic hydroxyl groups excluding tert-OH is 1. The van der Waals surface area contributed by atoms with Gasteiger partial charge in [0.25, 0.3) is 0 Å². The van der Waals surface area contributed by atoms with E-state index in [0.717, 1.165) is 11.0 Å². The summed E-state index contributed by atoms with van der Waals surface area (Å²) < 4.78 is 1.91. The number of fused-ring (bicyclic) bond motifs is 1. The van der Waals surface area contributed by atoms with Crippen LogP contribution in [0.2, 0.25) is 0 Å². The van der Waals surface area contributed by atoms with Crippen LogP contribution in [0.1, 0.15) is 13.0 Å². The van der Waals surface area contributed by atoms with Crippen molar-refractivity contribution in [2.75, 3.05) is 19.7 Å². The van der Waals surface area contributed by atoms with Crippen LogP contribution in [0.4, 0.5) is 0 Å². The van der Waals surface area contributed by atoms with Gasteiger partial charge in [-0.15, -0.1) is 0 Å². The van der Waals surface area contributed by atoms with Crippen LogP contribution >= 0.6 is 0 Å². The van der Waals surface area contributed by atoms with Gasteiger partial charge in [-0.2, -0.15) is 0 Å². The Morgan fingerprint density at radius 1 is 1.47 bits per heavy atom. The highest BCUT2D eigenvalue weighted by molar-refractivity contribution is 5.84. The number of amides is 1. The Balaban J connectivity index is 1.80. The zero-order chi connectivity index (χ0) is 13.4. The van der Waals surface area contributed by atoms with Crippen molar-refractivity contribution in [3.05, 3.63) is 30.6 Å². The quantitative estimate of drug-likeness (QED) is 0.896. The summed E-state index contributed by atoms with van der Waals surface area (Å²) in [7, 11) is 0. The van der Waals surface area contributed by atoms with Gasteiger partial charge in [0, 0.05) is 25.6 Å². The van der Waals surface area contributed by atoms with E-state index in [9.17, 15) is 4.79 Å². The molecule has 1 unspecified atom stereocenters. The zero-order valence-electron chi connectivity index (χ0n) is 10.9. The highest BCUT2D eigenvalue weighted by Crippen LogP contribution is 2.23. The summed E-state index contributed by atoms with van der Waals surface area (Å²) in [5.74, 6) is 0.337. The lowest BCUT2D eigenvalue weighted by Crippen LogP contribution is -2.53. The Hall–Kier alpha value is -1.88. The maximum atomic E-state index is 12.3. The molecule has 5 heteroatoms. The van der Waals surface area contributed by atoms with Gasteiger partial charge in [-0.25, -0.2) is 4.98 Å². The maximum absolute atomic E-state index is 12.3. The number of likely N-dealkylation sites (tertiary alicyclic amines) is 1. The molecule has 0 saturated carbocycles. The molecule has 1 fully saturated rings. The Morgan fingerprint density at radius 2 is 2.21 bits per heavy atom. The first kappa shape index (κ1) is 12.2. The van der Waals surface area contributed by atoms with Gasteiger partial charge in [-0.3, -0.25) is 4.79 Å². The third kappa shape index (κ3) is 2.00. The van der Waals surface area contributed by atoms with Crippen molar-refractivity contribution >= 4 is 16.9 Å². The fourth-order valence-electron chi connectivity index (χ4n) is 2.54. The van der Waals surface area contributed by atoms with E-state index < -0.39 is 0 Å². The Bertz CT molecular complexity index is 602. The Morgan fingerprint density at radius 3 is 2.95 bits per heavy atom. The molecular weight excluding hydrogens is 242 g/mol. The van der Waals surface area contributed by atoms with Gasteiger partial charge < -0.3 is 14.6 Å². The van der Waals surface area contributed by atoms with Crippen molar-refractivity contribution in [1.29, 1.82) is 0 Å². The lowest BCUT2D eigenvalue weighted by molar-refractivity contribution is -0.141. The molecule has 1 N–H and O–H groups in total. The number of benzene rings is 1. The van der Waals surface area contributed by atoms with Crippen LogP contribution in [0.25, 0.3) is 11.0 Å². The van der Waals surface area contributed by atoms with Crippen LogP contribution in [0, 0.1) is 5.92 Å². The SMILES string of the molecule is CC(C(=O)N1CC(CO)C1)n1cnc2ccccc21. The van der Waals surface area contributed by atoms with E-state index >= 15 is 0 Å². The second kappa shape index (κ2) is 4.66. The van der Waals surface area contributed by atoms with E-state index in [1.54, 1.807) is 11.2 Å². The van der Waals surface area contributed by atoms with Crippen molar-refractivity contribution in [1.82, 2.24) is 14.5 Å². The van der Waals surface area contributed by atoms with E-state index in [4.69, 9.17) is 5.11 Å². The van der Waals surface area contributed by atoms with E-state index in [-0.39, 0.29) is 24.5 Å². The van der Waals surface area contributed by atoms with Crippen molar-refractivity contribution in [3.63, 3.8) is 0 Å². The third-order valence-electron chi connectivity index (χ3n) is 3.78. The first-order chi connectivity index (χ1) is 9.20. The molecule has 1 aromatic heterocycles.